The van der Waals surface area contributed by atoms with E-state index in [2.05, 4.69) is 11.2 Å². The van der Waals surface area contributed by atoms with Crippen molar-refractivity contribution in [2.75, 3.05) is 5.73 Å². The van der Waals surface area contributed by atoms with Crippen molar-refractivity contribution in [2.45, 2.75) is 19.4 Å². The van der Waals surface area contributed by atoms with Crippen LogP contribution in [0.3, 0.4) is 0 Å². The number of nitrogens with two attached hydrogens (primary N) is 1. The zero-order valence-electron chi connectivity index (χ0n) is 8.96. The quantitative estimate of drug-likeness (QED) is 0.599. The van der Waals surface area contributed by atoms with E-state index < -0.39 is 5.82 Å². The third-order valence-electron chi connectivity index (χ3n) is 2.17. The molecule has 0 saturated carbocycles. The Labute approximate surface area is 93.8 Å². The normalized spacial score (nSPS) is 11.6. The Bertz CT molecular complexity index is 437. The molecule has 84 valence electrons. The predicted molar refractivity (Wildman–Crippen MR) is 61.2 cm³/mol. The van der Waals surface area contributed by atoms with E-state index in [1.165, 1.54) is 12.1 Å². The molecule has 4 heteroatoms. The molecule has 1 atom stereocenters. The minimum Gasteiger partial charge on any atom is -0.396 e. The summed E-state index contributed by atoms with van der Waals surface area (Å²) in [6.45, 7) is 1.86. The van der Waals surface area contributed by atoms with E-state index in [0.717, 1.165) is 6.07 Å². The van der Waals surface area contributed by atoms with Crippen LogP contribution in [0.5, 0.6) is 0 Å². The summed E-state index contributed by atoms with van der Waals surface area (Å²) in [6.07, 6.45) is 5.85. The third-order valence-corrected chi connectivity index (χ3v) is 2.17. The molecular weight excluding hydrogens is 207 g/mol. The number of carbonyl (C=O) groups is 1. The van der Waals surface area contributed by atoms with Crippen LogP contribution in [0.25, 0.3) is 0 Å². The smallest absolute Gasteiger partial charge is 0.252 e. The van der Waals surface area contributed by atoms with Gasteiger partial charge in [-0.25, -0.2) is 4.39 Å². The highest BCUT2D eigenvalue weighted by atomic mass is 19.1. The lowest BCUT2D eigenvalue weighted by atomic mass is 10.1. The Hall–Kier alpha value is -2.02. The number of amides is 1. The molecule has 16 heavy (non-hydrogen) atoms. The zero-order valence-corrected chi connectivity index (χ0v) is 8.96. The van der Waals surface area contributed by atoms with E-state index in [0.29, 0.717) is 12.0 Å². The monoisotopic (exact) mass is 220 g/mol. The van der Waals surface area contributed by atoms with Gasteiger partial charge in [-0.2, -0.15) is 0 Å². The minimum atomic E-state index is -0.541. The van der Waals surface area contributed by atoms with Crippen LogP contribution in [0.2, 0.25) is 0 Å². The summed E-state index contributed by atoms with van der Waals surface area (Å²) < 4.78 is 12.9. The second-order valence-electron chi connectivity index (χ2n) is 3.34. The molecule has 1 rings (SSSR count). The molecule has 0 spiro atoms. The molecule has 1 unspecified atom stereocenters. The summed E-state index contributed by atoms with van der Waals surface area (Å²) >= 11 is 0. The number of hydrogen-bond acceptors (Lipinski definition) is 2. The van der Waals surface area contributed by atoms with E-state index in [-0.39, 0.29) is 17.6 Å². The summed E-state index contributed by atoms with van der Waals surface area (Å²) in [5.41, 5.74) is 5.60. The molecule has 0 aliphatic heterocycles. The lowest BCUT2D eigenvalue weighted by Gasteiger charge is -2.10. The lowest BCUT2D eigenvalue weighted by Crippen LogP contribution is -2.33. The maximum atomic E-state index is 12.9. The van der Waals surface area contributed by atoms with Gasteiger partial charge in [0.15, 0.2) is 0 Å². The molecule has 3 nitrogen and oxygen atoms in total. The molecule has 0 aliphatic rings. The van der Waals surface area contributed by atoms with Crippen LogP contribution >= 0.6 is 0 Å². The molecule has 0 heterocycles. The van der Waals surface area contributed by atoms with Gasteiger partial charge in [-0.15, -0.1) is 6.42 Å². The Morgan fingerprint density at radius 3 is 2.88 bits per heavy atom. The van der Waals surface area contributed by atoms with E-state index >= 15 is 0 Å². The molecule has 0 aliphatic carbocycles. The molecule has 0 aromatic heterocycles. The molecular formula is C12H13FN2O. The fraction of sp³-hybridized carbons (Fsp3) is 0.250. The molecule has 0 radical (unpaired) electrons. The van der Waals surface area contributed by atoms with Crippen molar-refractivity contribution in [1.82, 2.24) is 5.32 Å². The molecule has 0 saturated heterocycles. The third kappa shape index (κ3) is 2.74. The molecule has 3 N–H and O–H groups in total. The number of halogens is 1. The van der Waals surface area contributed by atoms with Crippen molar-refractivity contribution in [3.05, 3.63) is 29.6 Å². The number of rotatable bonds is 3. The average Bonchev–Trinajstić information content (AvgIpc) is 2.29. The maximum Gasteiger partial charge on any atom is 0.252 e. The van der Waals surface area contributed by atoms with Gasteiger partial charge < -0.3 is 11.1 Å². The number of nitrogens with one attached hydrogen (secondary N) is 1. The summed E-state index contributed by atoms with van der Waals surface area (Å²) in [5.74, 6) is 1.55. The van der Waals surface area contributed by atoms with Crippen molar-refractivity contribution in [2.24, 2.45) is 0 Å². The van der Waals surface area contributed by atoms with E-state index in [4.69, 9.17) is 12.2 Å². The summed E-state index contributed by atoms with van der Waals surface area (Å²) in [7, 11) is 0. The fourth-order valence-electron chi connectivity index (χ4n) is 1.19. The van der Waals surface area contributed by atoms with Crippen molar-refractivity contribution >= 4 is 11.6 Å². The largest absolute Gasteiger partial charge is 0.396 e. The van der Waals surface area contributed by atoms with Crippen molar-refractivity contribution in [1.29, 1.82) is 0 Å². The second-order valence-corrected chi connectivity index (χ2v) is 3.34. The van der Waals surface area contributed by atoms with Crippen LogP contribution in [0, 0.1) is 18.2 Å². The highest BCUT2D eigenvalue weighted by Crippen LogP contribution is 2.12. The maximum absolute atomic E-state index is 12.9. The summed E-state index contributed by atoms with van der Waals surface area (Å²) in [5, 5.41) is 2.63. The first kappa shape index (κ1) is 12.1. The molecule has 1 aromatic carbocycles. The molecule has 1 amide bonds. The van der Waals surface area contributed by atoms with Gasteiger partial charge in [0.2, 0.25) is 0 Å². The first-order valence-electron chi connectivity index (χ1n) is 4.90. The Morgan fingerprint density at radius 2 is 2.38 bits per heavy atom. The Kier molecular flexibility index (Phi) is 3.90. The van der Waals surface area contributed by atoms with Crippen molar-refractivity contribution < 1.29 is 9.18 Å². The SMILES string of the molecule is C#CC(CC)NC(=O)c1ccc(F)c(N)c1. The van der Waals surface area contributed by atoms with E-state index in [1.807, 2.05) is 6.92 Å². The number of benzene rings is 1. The van der Waals surface area contributed by atoms with Gasteiger partial charge in [0.25, 0.3) is 5.91 Å². The van der Waals surface area contributed by atoms with Gasteiger partial charge in [0, 0.05) is 5.56 Å². The van der Waals surface area contributed by atoms with Crippen molar-refractivity contribution in [3.8, 4) is 12.3 Å². The van der Waals surface area contributed by atoms with Gasteiger partial charge in [-0.3, -0.25) is 4.79 Å². The zero-order chi connectivity index (χ0) is 12.1. The second kappa shape index (κ2) is 5.17. The molecule has 0 bridgehead atoms. The van der Waals surface area contributed by atoms with Gasteiger partial charge >= 0.3 is 0 Å². The molecule has 1 aromatic rings. The van der Waals surface area contributed by atoms with Gasteiger partial charge in [0.05, 0.1) is 11.7 Å². The van der Waals surface area contributed by atoms with Gasteiger partial charge in [-0.1, -0.05) is 12.8 Å². The number of terminal acetylenes is 1. The van der Waals surface area contributed by atoms with Crippen LogP contribution < -0.4 is 11.1 Å². The van der Waals surface area contributed by atoms with Crippen LogP contribution in [-0.4, -0.2) is 11.9 Å². The topological polar surface area (TPSA) is 55.1 Å². The molecule has 0 fully saturated rings. The highest BCUT2D eigenvalue weighted by molar-refractivity contribution is 5.95. The van der Waals surface area contributed by atoms with Crippen LogP contribution in [0.1, 0.15) is 23.7 Å². The Morgan fingerprint density at radius 1 is 1.69 bits per heavy atom. The first-order chi connectivity index (χ1) is 7.58. The van der Waals surface area contributed by atoms with Gasteiger partial charge in [-0.05, 0) is 24.6 Å². The average molecular weight is 220 g/mol. The van der Waals surface area contributed by atoms with Crippen LogP contribution in [0.15, 0.2) is 18.2 Å². The van der Waals surface area contributed by atoms with E-state index in [1.54, 1.807) is 0 Å². The standard InChI is InChI=1S/C12H13FN2O/c1-3-9(4-2)15-12(16)8-5-6-10(13)11(14)7-8/h1,5-7,9H,4,14H2,2H3,(H,15,16). The summed E-state index contributed by atoms with van der Waals surface area (Å²) in [4.78, 5) is 11.7. The van der Waals surface area contributed by atoms with E-state index in [9.17, 15) is 9.18 Å². The van der Waals surface area contributed by atoms with Gasteiger partial charge in [0.1, 0.15) is 5.82 Å². The predicted octanol–water partition coefficient (Wildman–Crippen LogP) is 1.55. The summed E-state index contributed by atoms with van der Waals surface area (Å²) in [6, 6.07) is 3.48. The first-order valence-corrected chi connectivity index (χ1v) is 4.90. The van der Waals surface area contributed by atoms with Crippen LogP contribution in [0.4, 0.5) is 10.1 Å². The fourth-order valence-corrected chi connectivity index (χ4v) is 1.19. The minimum absolute atomic E-state index is 0.0543. The number of nitrogen functional groups attached to an aromatic ring is 1. The van der Waals surface area contributed by atoms with Crippen molar-refractivity contribution in [3.63, 3.8) is 0 Å². The number of hydrogen-bond donors (Lipinski definition) is 2. The highest BCUT2D eigenvalue weighted by Gasteiger charge is 2.11. The lowest BCUT2D eigenvalue weighted by molar-refractivity contribution is 0.0945. The number of anilines is 1. The van der Waals surface area contributed by atoms with Crippen LogP contribution in [-0.2, 0) is 0 Å². The number of carbonyl (C=O) groups excluding carboxylic acids is 1. The Balaban J connectivity index is 2.81.